The first-order chi connectivity index (χ1) is 15.7. The largest absolute Gasteiger partial charge is 0.415 e. The molecule has 1 unspecified atom stereocenters. The number of fused-ring (bicyclic) bond motifs is 1. The number of alkyl halides is 3. The summed E-state index contributed by atoms with van der Waals surface area (Å²) in [7, 11) is 1.76. The number of carbonyl (C=O) groups is 1. The first-order valence-corrected chi connectivity index (χ1v) is 11.5. The minimum atomic E-state index is -4.39. The Hall–Kier alpha value is -2.43. The molecule has 1 aromatic carbocycles. The number of hydrogen-bond acceptors (Lipinski definition) is 6. The van der Waals surface area contributed by atoms with Crippen LogP contribution in [-0.4, -0.2) is 59.9 Å². The Kier molecular flexibility index (Phi) is 6.78. The van der Waals surface area contributed by atoms with Crippen LogP contribution in [0.4, 0.5) is 13.2 Å². The Balaban J connectivity index is 1.61. The van der Waals surface area contributed by atoms with Crippen molar-refractivity contribution in [2.24, 2.45) is 16.6 Å². The number of nitrogens with zero attached hydrogens (tertiary/aromatic N) is 3. The number of benzene rings is 1. The fourth-order valence-corrected chi connectivity index (χ4v) is 4.88. The molecule has 2 fully saturated rings. The second-order valence-corrected chi connectivity index (χ2v) is 9.38. The zero-order valence-electron chi connectivity index (χ0n) is 18.2. The lowest BCUT2D eigenvalue weighted by Crippen LogP contribution is -2.48. The quantitative estimate of drug-likeness (QED) is 0.496. The van der Waals surface area contributed by atoms with E-state index in [-0.39, 0.29) is 18.8 Å². The van der Waals surface area contributed by atoms with Gasteiger partial charge in [-0.2, -0.15) is 13.2 Å². The Morgan fingerprint density at radius 1 is 1.36 bits per heavy atom. The maximum Gasteiger partial charge on any atom is 0.415 e. The first-order valence-electron chi connectivity index (χ1n) is 10.6. The van der Waals surface area contributed by atoms with Gasteiger partial charge in [0, 0.05) is 42.9 Å². The van der Waals surface area contributed by atoms with Crippen LogP contribution in [0.5, 0.6) is 0 Å². The van der Waals surface area contributed by atoms with Crippen molar-refractivity contribution in [2.75, 3.05) is 26.7 Å². The summed E-state index contributed by atoms with van der Waals surface area (Å²) in [5.74, 6) is -0.199. The summed E-state index contributed by atoms with van der Waals surface area (Å²) < 4.78 is 44.0. The number of carbonyl (C=O) groups excluding carboxylic acids is 1. The number of primary amides is 1. The number of aromatic nitrogens is 1. The number of pyridine rings is 1. The molecule has 1 saturated carbocycles. The van der Waals surface area contributed by atoms with E-state index in [1.54, 1.807) is 24.1 Å². The van der Waals surface area contributed by atoms with Crippen LogP contribution in [0.25, 0.3) is 15.8 Å². The van der Waals surface area contributed by atoms with Crippen LogP contribution in [0.1, 0.15) is 34.5 Å². The van der Waals surface area contributed by atoms with Gasteiger partial charge in [0.05, 0.1) is 17.2 Å². The van der Waals surface area contributed by atoms with Crippen LogP contribution in [-0.2, 0) is 11.3 Å². The van der Waals surface area contributed by atoms with Crippen LogP contribution in [0.3, 0.4) is 0 Å². The Morgan fingerprint density at radius 3 is 2.76 bits per heavy atom. The Labute approximate surface area is 194 Å². The van der Waals surface area contributed by atoms with Gasteiger partial charge in [0.25, 0.3) is 5.91 Å². The van der Waals surface area contributed by atoms with Crippen molar-refractivity contribution in [1.29, 1.82) is 0 Å². The average molecular weight is 479 g/mol. The monoisotopic (exact) mass is 478 g/mol. The standard InChI is InChI=1S/C23H25F3N4O2S/c1-13(33-22(28-2)15-4-5-15)17-10-19(21(27)31)29-18-9-14(3-6-16(17)18)11-30-7-8-32-20(12-30)23(24,25)26/h3,6,9-10,15,20H,1,4-5,7-8,11-12H2,2H3,(H2,27,31). The van der Waals surface area contributed by atoms with Crippen LogP contribution < -0.4 is 5.73 Å². The van der Waals surface area contributed by atoms with Crippen molar-refractivity contribution in [1.82, 2.24) is 9.88 Å². The lowest BCUT2D eigenvalue weighted by atomic mass is 10.0. The minimum Gasteiger partial charge on any atom is -0.366 e. The van der Waals surface area contributed by atoms with E-state index in [2.05, 4.69) is 16.6 Å². The van der Waals surface area contributed by atoms with Crippen molar-refractivity contribution in [3.8, 4) is 0 Å². The van der Waals surface area contributed by atoms with Gasteiger partial charge in [-0.15, -0.1) is 0 Å². The third-order valence-corrected chi connectivity index (χ3v) is 6.92. The molecule has 2 aliphatic rings. The van der Waals surface area contributed by atoms with E-state index in [9.17, 15) is 18.0 Å². The summed E-state index contributed by atoms with van der Waals surface area (Å²) in [6.45, 7) is 4.70. The van der Waals surface area contributed by atoms with E-state index in [1.165, 1.54) is 11.8 Å². The highest BCUT2D eigenvalue weighted by Crippen LogP contribution is 2.41. The molecular weight excluding hydrogens is 453 g/mol. The Bertz CT molecular complexity index is 1110. The van der Waals surface area contributed by atoms with Crippen LogP contribution in [0.15, 0.2) is 35.8 Å². The fourth-order valence-electron chi connectivity index (χ4n) is 3.85. The summed E-state index contributed by atoms with van der Waals surface area (Å²) in [5.41, 5.74) is 7.70. The smallest absolute Gasteiger partial charge is 0.366 e. The lowest BCUT2D eigenvalue weighted by molar-refractivity contribution is -0.237. The van der Waals surface area contributed by atoms with Crippen molar-refractivity contribution in [2.45, 2.75) is 31.7 Å². The van der Waals surface area contributed by atoms with Gasteiger partial charge in [-0.05, 0) is 36.1 Å². The third kappa shape index (κ3) is 5.56. The lowest BCUT2D eigenvalue weighted by Gasteiger charge is -2.33. The molecule has 1 aromatic heterocycles. The second-order valence-electron chi connectivity index (χ2n) is 8.27. The molecule has 0 bridgehead atoms. The zero-order valence-corrected chi connectivity index (χ0v) is 19.0. The predicted octanol–water partition coefficient (Wildman–Crippen LogP) is 4.24. The molecule has 2 N–H and O–H groups in total. The first kappa shape index (κ1) is 23.7. The van der Waals surface area contributed by atoms with Gasteiger partial charge in [-0.3, -0.25) is 14.7 Å². The van der Waals surface area contributed by atoms with Gasteiger partial charge < -0.3 is 10.5 Å². The van der Waals surface area contributed by atoms with Gasteiger partial charge in [0.1, 0.15) is 5.69 Å². The molecule has 0 radical (unpaired) electrons. The van der Waals surface area contributed by atoms with Crippen LogP contribution in [0.2, 0.25) is 0 Å². The topological polar surface area (TPSA) is 80.8 Å². The van der Waals surface area contributed by atoms with E-state index >= 15 is 0 Å². The Morgan fingerprint density at radius 2 is 2.12 bits per heavy atom. The number of aliphatic imine (C=N–C) groups is 1. The van der Waals surface area contributed by atoms with Crippen LogP contribution >= 0.6 is 11.8 Å². The summed E-state index contributed by atoms with van der Waals surface area (Å²) in [6, 6.07) is 7.15. The molecule has 0 spiro atoms. The van der Waals surface area contributed by atoms with E-state index in [0.29, 0.717) is 24.5 Å². The molecule has 2 heterocycles. The van der Waals surface area contributed by atoms with E-state index in [4.69, 9.17) is 10.5 Å². The predicted molar refractivity (Wildman–Crippen MR) is 124 cm³/mol. The zero-order chi connectivity index (χ0) is 23.8. The normalized spacial score (nSPS) is 20.2. The maximum atomic E-state index is 13.0. The molecule has 1 saturated heterocycles. The molecule has 10 heteroatoms. The fraction of sp³-hybridized carbons (Fsp3) is 0.435. The van der Waals surface area contributed by atoms with Gasteiger partial charge in [-0.25, -0.2) is 4.98 Å². The molecule has 1 atom stereocenters. The number of morpholine rings is 1. The summed E-state index contributed by atoms with van der Waals surface area (Å²) in [4.78, 5) is 23.1. The average Bonchev–Trinajstić information content (AvgIpc) is 3.61. The number of nitrogens with two attached hydrogens (primary N) is 1. The maximum absolute atomic E-state index is 13.0. The molecule has 1 aliphatic heterocycles. The summed E-state index contributed by atoms with van der Waals surface area (Å²) in [5, 5.41) is 1.80. The molecule has 1 amide bonds. The minimum absolute atomic E-state index is 0.0192. The van der Waals surface area contributed by atoms with Gasteiger partial charge in [-0.1, -0.05) is 30.5 Å². The molecule has 33 heavy (non-hydrogen) atoms. The van der Waals surface area contributed by atoms with E-state index in [1.807, 2.05) is 12.1 Å². The number of hydrogen-bond donors (Lipinski definition) is 1. The van der Waals surface area contributed by atoms with Gasteiger partial charge in [0.15, 0.2) is 6.10 Å². The van der Waals surface area contributed by atoms with Crippen molar-refractivity contribution < 1.29 is 22.7 Å². The van der Waals surface area contributed by atoms with Crippen molar-refractivity contribution in [3.05, 3.63) is 47.7 Å². The molecule has 4 rings (SSSR count). The summed E-state index contributed by atoms with van der Waals surface area (Å²) >= 11 is 1.49. The highest BCUT2D eigenvalue weighted by Gasteiger charge is 2.43. The molecular formula is C23H25F3N4O2S. The summed E-state index contributed by atoms with van der Waals surface area (Å²) in [6.07, 6.45) is -3.97. The van der Waals surface area contributed by atoms with Crippen molar-refractivity contribution >= 4 is 38.5 Å². The number of rotatable bonds is 6. The number of amides is 1. The number of ether oxygens (including phenoxy) is 1. The molecule has 6 nitrogen and oxygen atoms in total. The third-order valence-electron chi connectivity index (χ3n) is 5.72. The SMILES string of the molecule is C=C(SC(=NC)C1CC1)c1cc(C(N)=O)nc2cc(CN3CCOC(C(F)(F)F)C3)ccc12. The highest BCUT2D eigenvalue weighted by molar-refractivity contribution is 8.21. The molecule has 176 valence electrons. The van der Waals surface area contributed by atoms with Crippen molar-refractivity contribution in [3.63, 3.8) is 0 Å². The van der Waals surface area contributed by atoms with Gasteiger partial charge >= 0.3 is 6.18 Å². The molecule has 1 aliphatic carbocycles. The number of thioether (sulfide) groups is 1. The van der Waals surface area contributed by atoms with Crippen LogP contribution in [0, 0.1) is 5.92 Å². The van der Waals surface area contributed by atoms with Gasteiger partial charge in [0.2, 0.25) is 0 Å². The van der Waals surface area contributed by atoms with E-state index < -0.39 is 18.2 Å². The highest BCUT2D eigenvalue weighted by atomic mass is 32.2. The van der Waals surface area contributed by atoms with E-state index in [0.717, 1.165) is 39.3 Å². The second kappa shape index (κ2) is 9.44. The molecule has 2 aromatic rings. The number of halogens is 3.